The molecule has 0 aromatic carbocycles. The average molecular weight is 188 g/mol. The lowest BCUT2D eigenvalue weighted by Gasteiger charge is -2.15. The van der Waals surface area contributed by atoms with E-state index in [2.05, 4.69) is 36.2 Å². The van der Waals surface area contributed by atoms with Crippen molar-refractivity contribution in [1.82, 2.24) is 4.90 Å². The molecule has 0 aromatic heterocycles. The van der Waals surface area contributed by atoms with Crippen LogP contribution in [0, 0.1) is 0 Å². The molecule has 0 heterocycles. The molecule has 0 saturated heterocycles. The van der Waals surface area contributed by atoms with Gasteiger partial charge in [0.2, 0.25) is 0 Å². The lowest BCUT2D eigenvalue weighted by atomic mass is 10.4. The SMILES string of the molecule is C=CCN(CC=C)CC=C.CCl. The van der Waals surface area contributed by atoms with E-state index in [-0.39, 0.29) is 0 Å². The maximum atomic E-state index is 4.64. The highest BCUT2D eigenvalue weighted by Gasteiger charge is 1.94. The van der Waals surface area contributed by atoms with Gasteiger partial charge >= 0.3 is 0 Å². The molecule has 0 atom stereocenters. The fourth-order valence-electron chi connectivity index (χ4n) is 0.771. The second-order valence-corrected chi connectivity index (χ2v) is 2.08. The Morgan fingerprint density at radius 2 is 1.17 bits per heavy atom. The first-order chi connectivity index (χ1) is 5.85. The van der Waals surface area contributed by atoms with E-state index in [1.165, 1.54) is 6.38 Å². The van der Waals surface area contributed by atoms with E-state index in [4.69, 9.17) is 0 Å². The Balaban J connectivity index is 0. The zero-order valence-corrected chi connectivity index (χ0v) is 8.56. The normalized spacial score (nSPS) is 8.25. The van der Waals surface area contributed by atoms with Gasteiger partial charge in [0, 0.05) is 26.0 Å². The first-order valence-corrected chi connectivity index (χ1v) is 4.53. The first kappa shape index (κ1) is 14.0. The summed E-state index contributed by atoms with van der Waals surface area (Å²) in [6, 6.07) is 0. The van der Waals surface area contributed by atoms with Crippen molar-refractivity contribution in [1.29, 1.82) is 0 Å². The zero-order valence-electron chi connectivity index (χ0n) is 7.80. The Bertz CT molecular complexity index is 97.2. The van der Waals surface area contributed by atoms with Crippen molar-refractivity contribution in [2.24, 2.45) is 0 Å². The molecule has 0 radical (unpaired) electrons. The monoisotopic (exact) mass is 187 g/mol. The number of alkyl halides is 1. The summed E-state index contributed by atoms with van der Waals surface area (Å²) >= 11 is 4.64. The van der Waals surface area contributed by atoms with E-state index in [1.54, 1.807) is 0 Å². The fraction of sp³-hybridized carbons (Fsp3) is 0.400. The number of nitrogens with zero attached hydrogens (tertiary/aromatic N) is 1. The molecule has 0 unspecified atom stereocenters. The summed E-state index contributed by atoms with van der Waals surface area (Å²) in [7, 11) is 0. The van der Waals surface area contributed by atoms with Crippen LogP contribution >= 0.6 is 11.6 Å². The lowest BCUT2D eigenvalue weighted by molar-refractivity contribution is 0.373. The van der Waals surface area contributed by atoms with Gasteiger partial charge in [0.15, 0.2) is 0 Å². The van der Waals surface area contributed by atoms with Crippen molar-refractivity contribution in [3.05, 3.63) is 38.0 Å². The molecule has 0 aliphatic rings. The molecule has 0 aliphatic heterocycles. The molecular formula is C10H18ClN. The minimum atomic E-state index is 0.901. The van der Waals surface area contributed by atoms with Gasteiger partial charge in [0.05, 0.1) is 0 Å². The molecule has 0 amide bonds. The van der Waals surface area contributed by atoms with Crippen molar-refractivity contribution < 1.29 is 0 Å². The molecule has 0 fully saturated rings. The second kappa shape index (κ2) is 13.1. The maximum Gasteiger partial charge on any atom is 0.0167 e. The summed E-state index contributed by atoms with van der Waals surface area (Å²) in [6.07, 6.45) is 7.12. The Morgan fingerprint density at radius 1 is 0.917 bits per heavy atom. The van der Waals surface area contributed by atoms with Crippen LogP contribution in [0.2, 0.25) is 0 Å². The topological polar surface area (TPSA) is 3.24 Å². The number of halogens is 1. The first-order valence-electron chi connectivity index (χ1n) is 3.78. The van der Waals surface area contributed by atoms with E-state index < -0.39 is 0 Å². The smallest absolute Gasteiger partial charge is 0.0167 e. The van der Waals surface area contributed by atoms with Gasteiger partial charge in [-0.1, -0.05) is 18.2 Å². The van der Waals surface area contributed by atoms with Crippen LogP contribution in [0.1, 0.15) is 0 Å². The highest BCUT2D eigenvalue weighted by molar-refractivity contribution is 6.15. The molecule has 70 valence electrons. The van der Waals surface area contributed by atoms with Gasteiger partial charge in [-0.2, -0.15) is 0 Å². The molecule has 1 nitrogen and oxygen atoms in total. The van der Waals surface area contributed by atoms with Crippen molar-refractivity contribution >= 4 is 11.6 Å². The van der Waals surface area contributed by atoms with E-state index in [9.17, 15) is 0 Å². The molecule has 0 N–H and O–H groups in total. The van der Waals surface area contributed by atoms with E-state index in [0.29, 0.717) is 0 Å². The molecule has 0 bridgehead atoms. The molecular weight excluding hydrogens is 170 g/mol. The second-order valence-electron chi connectivity index (χ2n) is 2.08. The molecule has 0 aromatic rings. The van der Waals surface area contributed by atoms with Gasteiger partial charge in [-0.25, -0.2) is 0 Å². The summed E-state index contributed by atoms with van der Waals surface area (Å²) in [5, 5.41) is 0. The maximum absolute atomic E-state index is 4.64. The van der Waals surface area contributed by atoms with Gasteiger partial charge in [0.1, 0.15) is 0 Å². The lowest BCUT2D eigenvalue weighted by Crippen LogP contribution is -2.23. The molecule has 12 heavy (non-hydrogen) atoms. The van der Waals surface area contributed by atoms with E-state index in [0.717, 1.165) is 19.6 Å². The van der Waals surface area contributed by atoms with Crippen LogP contribution in [0.5, 0.6) is 0 Å². The third-order valence-corrected chi connectivity index (χ3v) is 1.16. The minimum absolute atomic E-state index is 0.901. The molecule has 2 heteroatoms. The minimum Gasteiger partial charge on any atom is -0.292 e. The molecule has 0 aliphatic carbocycles. The Morgan fingerprint density at radius 3 is 1.33 bits per heavy atom. The predicted molar refractivity (Wildman–Crippen MR) is 58.8 cm³/mol. The van der Waals surface area contributed by atoms with Crippen LogP contribution in [0.4, 0.5) is 0 Å². The van der Waals surface area contributed by atoms with Gasteiger partial charge in [0.25, 0.3) is 0 Å². The number of hydrogen-bond donors (Lipinski definition) is 0. The van der Waals surface area contributed by atoms with Gasteiger partial charge < -0.3 is 0 Å². The van der Waals surface area contributed by atoms with E-state index >= 15 is 0 Å². The Labute approximate surface area is 81.0 Å². The Hall–Kier alpha value is -0.530. The van der Waals surface area contributed by atoms with Crippen LogP contribution < -0.4 is 0 Å². The third kappa shape index (κ3) is 9.47. The highest BCUT2D eigenvalue weighted by atomic mass is 35.5. The van der Waals surface area contributed by atoms with Crippen LogP contribution in [0.15, 0.2) is 38.0 Å². The summed E-state index contributed by atoms with van der Waals surface area (Å²) in [5.74, 6) is 0. The highest BCUT2D eigenvalue weighted by Crippen LogP contribution is 1.88. The fourth-order valence-corrected chi connectivity index (χ4v) is 0.771. The quantitative estimate of drug-likeness (QED) is 0.457. The predicted octanol–water partition coefficient (Wildman–Crippen LogP) is 2.70. The van der Waals surface area contributed by atoms with Crippen LogP contribution in [0.3, 0.4) is 0 Å². The van der Waals surface area contributed by atoms with Crippen LogP contribution in [0.25, 0.3) is 0 Å². The average Bonchev–Trinajstić information content (AvgIpc) is 2.10. The van der Waals surface area contributed by atoms with Crippen LogP contribution in [-0.2, 0) is 0 Å². The van der Waals surface area contributed by atoms with Crippen LogP contribution in [-0.4, -0.2) is 30.9 Å². The number of rotatable bonds is 6. The molecule has 0 spiro atoms. The number of hydrogen-bond acceptors (Lipinski definition) is 1. The van der Waals surface area contributed by atoms with Gasteiger partial charge in [-0.15, -0.1) is 31.3 Å². The van der Waals surface area contributed by atoms with E-state index in [1.807, 2.05) is 18.2 Å². The van der Waals surface area contributed by atoms with Crippen molar-refractivity contribution in [3.63, 3.8) is 0 Å². The summed E-state index contributed by atoms with van der Waals surface area (Å²) in [6.45, 7) is 13.7. The van der Waals surface area contributed by atoms with Gasteiger partial charge in [-0.05, 0) is 0 Å². The largest absolute Gasteiger partial charge is 0.292 e. The molecule has 0 rings (SSSR count). The van der Waals surface area contributed by atoms with Gasteiger partial charge in [-0.3, -0.25) is 4.90 Å². The Kier molecular flexibility index (Phi) is 15.3. The van der Waals surface area contributed by atoms with Crippen molar-refractivity contribution in [2.75, 3.05) is 26.0 Å². The molecule has 0 saturated carbocycles. The zero-order chi connectivity index (χ0) is 9.82. The summed E-state index contributed by atoms with van der Waals surface area (Å²) < 4.78 is 0. The summed E-state index contributed by atoms with van der Waals surface area (Å²) in [4.78, 5) is 2.19. The third-order valence-electron chi connectivity index (χ3n) is 1.16. The van der Waals surface area contributed by atoms with Crippen molar-refractivity contribution in [2.45, 2.75) is 0 Å². The summed E-state index contributed by atoms with van der Waals surface area (Å²) in [5.41, 5.74) is 0. The standard InChI is InChI=1S/C9H15N.CH3Cl/c1-4-7-10(8-5-2)9-6-3;1-2/h4-6H,1-3,7-9H2;1H3. The van der Waals surface area contributed by atoms with Crippen molar-refractivity contribution in [3.8, 4) is 0 Å².